The maximum atomic E-state index is 12.1. The third-order valence-electron chi connectivity index (χ3n) is 2.56. The van der Waals surface area contributed by atoms with Crippen molar-refractivity contribution in [3.8, 4) is 0 Å². The molecule has 106 valence electrons. The molecule has 0 aliphatic carbocycles. The molecule has 0 saturated heterocycles. The molecule has 0 spiro atoms. The summed E-state index contributed by atoms with van der Waals surface area (Å²) in [6, 6.07) is 3.38. The first kappa shape index (κ1) is 14.3. The number of nitrogens with one attached hydrogen (secondary N) is 2. The quantitative estimate of drug-likeness (QED) is 0.885. The van der Waals surface area contributed by atoms with Gasteiger partial charge >= 0.3 is 0 Å². The lowest BCUT2D eigenvalue weighted by Crippen LogP contribution is -2.23. The summed E-state index contributed by atoms with van der Waals surface area (Å²) in [6.07, 6.45) is 1.45. The van der Waals surface area contributed by atoms with Crippen molar-refractivity contribution in [2.45, 2.75) is 20.4 Å². The zero-order valence-corrected chi connectivity index (χ0v) is 12.0. The third-order valence-corrected chi connectivity index (χ3v) is 2.87. The van der Waals surface area contributed by atoms with Gasteiger partial charge in [-0.25, -0.2) is 4.98 Å². The van der Waals surface area contributed by atoms with Crippen molar-refractivity contribution in [1.82, 2.24) is 15.5 Å². The predicted molar refractivity (Wildman–Crippen MR) is 75.8 cm³/mol. The van der Waals surface area contributed by atoms with E-state index >= 15 is 0 Å². The molecular weight excluding hydrogens is 280 g/mol. The molecule has 0 aliphatic heterocycles. The molecule has 2 N–H and O–H groups in total. The SMILES string of the molecule is CCNc1cc(C(=O)NCc2cc(C)on2)c(Cl)cn1. The second kappa shape index (κ2) is 6.38. The number of aryl methyl sites for hydroxylation is 1. The van der Waals surface area contributed by atoms with Gasteiger partial charge in [0, 0.05) is 18.8 Å². The van der Waals surface area contributed by atoms with Crippen LogP contribution in [0.15, 0.2) is 22.9 Å². The Kier molecular flexibility index (Phi) is 4.57. The molecule has 0 aromatic carbocycles. The molecule has 2 aromatic heterocycles. The highest BCUT2D eigenvalue weighted by Gasteiger charge is 2.12. The molecule has 0 bridgehead atoms. The molecule has 0 aliphatic rings. The number of hydrogen-bond acceptors (Lipinski definition) is 5. The second-order valence-corrected chi connectivity index (χ2v) is 4.60. The van der Waals surface area contributed by atoms with Gasteiger partial charge in [-0.15, -0.1) is 0 Å². The summed E-state index contributed by atoms with van der Waals surface area (Å²) in [5, 5.41) is 9.88. The van der Waals surface area contributed by atoms with E-state index < -0.39 is 0 Å². The lowest BCUT2D eigenvalue weighted by Gasteiger charge is -2.08. The lowest BCUT2D eigenvalue weighted by molar-refractivity contribution is 0.0950. The van der Waals surface area contributed by atoms with E-state index in [1.807, 2.05) is 6.92 Å². The standard InChI is InChI=1S/C13H15ClN4O2/c1-3-15-12-5-10(11(14)7-16-12)13(19)17-6-9-4-8(2)20-18-9/h4-5,7H,3,6H2,1-2H3,(H,15,16)(H,17,19). The number of halogens is 1. The number of pyridine rings is 1. The van der Waals surface area contributed by atoms with Crippen molar-refractivity contribution in [2.24, 2.45) is 0 Å². The fourth-order valence-electron chi connectivity index (χ4n) is 1.66. The molecular formula is C13H15ClN4O2. The fraction of sp³-hybridized carbons (Fsp3) is 0.308. The van der Waals surface area contributed by atoms with Crippen LogP contribution in [0.2, 0.25) is 5.02 Å². The topological polar surface area (TPSA) is 80.0 Å². The minimum absolute atomic E-state index is 0.280. The maximum Gasteiger partial charge on any atom is 0.253 e. The molecule has 2 rings (SSSR count). The summed E-state index contributed by atoms with van der Waals surface area (Å²) >= 11 is 5.99. The van der Waals surface area contributed by atoms with E-state index in [0.29, 0.717) is 34.4 Å². The van der Waals surface area contributed by atoms with Crippen LogP contribution in [0, 0.1) is 6.92 Å². The molecule has 20 heavy (non-hydrogen) atoms. The van der Waals surface area contributed by atoms with Crippen molar-refractivity contribution in [2.75, 3.05) is 11.9 Å². The van der Waals surface area contributed by atoms with Crippen molar-refractivity contribution >= 4 is 23.3 Å². The van der Waals surface area contributed by atoms with Crippen LogP contribution in [0.25, 0.3) is 0 Å². The number of rotatable bonds is 5. The average molecular weight is 295 g/mol. The highest BCUT2D eigenvalue weighted by atomic mass is 35.5. The second-order valence-electron chi connectivity index (χ2n) is 4.19. The number of carbonyl (C=O) groups is 1. The van der Waals surface area contributed by atoms with Gasteiger partial charge in [0.15, 0.2) is 0 Å². The van der Waals surface area contributed by atoms with Gasteiger partial charge in [0.1, 0.15) is 17.3 Å². The number of amides is 1. The van der Waals surface area contributed by atoms with Crippen LogP contribution in [0.5, 0.6) is 0 Å². The largest absolute Gasteiger partial charge is 0.370 e. The minimum Gasteiger partial charge on any atom is -0.370 e. The predicted octanol–water partition coefficient (Wildman–Crippen LogP) is 2.39. The van der Waals surface area contributed by atoms with Crippen molar-refractivity contribution in [1.29, 1.82) is 0 Å². The Hall–Kier alpha value is -2.08. The van der Waals surface area contributed by atoms with Crippen LogP contribution < -0.4 is 10.6 Å². The molecule has 0 fully saturated rings. The van der Waals surface area contributed by atoms with Gasteiger partial charge in [-0.1, -0.05) is 16.8 Å². The molecule has 1 amide bonds. The number of anilines is 1. The van der Waals surface area contributed by atoms with Crippen LogP contribution in [-0.4, -0.2) is 22.6 Å². The van der Waals surface area contributed by atoms with Crippen LogP contribution in [-0.2, 0) is 6.54 Å². The molecule has 0 atom stereocenters. The number of hydrogen-bond donors (Lipinski definition) is 2. The Morgan fingerprint density at radius 1 is 1.45 bits per heavy atom. The van der Waals surface area contributed by atoms with Gasteiger partial charge in [-0.2, -0.15) is 0 Å². The van der Waals surface area contributed by atoms with E-state index in [1.165, 1.54) is 6.20 Å². The van der Waals surface area contributed by atoms with E-state index in [4.69, 9.17) is 16.1 Å². The van der Waals surface area contributed by atoms with Gasteiger partial charge in [0.2, 0.25) is 0 Å². The van der Waals surface area contributed by atoms with E-state index in [9.17, 15) is 4.79 Å². The fourth-order valence-corrected chi connectivity index (χ4v) is 1.85. The van der Waals surface area contributed by atoms with Crippen LogP contribution in [0.4, 0.5) is 5.82 Å². The third kappa shape index (κ3) is 3.48. The zero-order chi connectivity index (χ0) is 14.5. The van der Waals surface area contributed by atoms with Crippen LogP contribution >= 0.6 is 11.6 Å². The van der Waals surface area contributed by atoms with Gasteiger partial charge in [0.25, 0.3) is 5.91 Å². The first-order valence-electron chi connectivity index (χ1n) is 6.20. The summed E-state index contributed by atoms with van der Waals surface area (Å²) in [5.41, 5.74) is 1.03. The van der Waals surface area contributed by atoms with Crippen molar-refractivity contribution in [3.63, 3.8) is 0 Å². The number of nitrogens with zero attached hydrogens (tertiary/aromatic N) is 2. The Morgan fingerprint density at radius 2 is 2.25 bits per heavy atom. The lowest BCUT2D eigenvalue weighted by atomic mass is 10.2. The normalized spacial score (nSPS) is 10.3. The number of carbonyl (C=O) groups excluding carboxylic acids is 1. The van der Waals surface area contributed by atoms with E-state index in [2.05, 4.69) is 20.8 Å². The average Bonchev–Trinajstić information content (AvgIpc) is 2.84. The Balaban J connectivity index is 2.06. The smallest absolute Gasteiger partial charge is 0.253 e. The summed E-state index contributed by atoms with van der Waals surface area (Å²) in [5.74, 6) is 1.03. The van der Waals surface area contributed by atoms with Crippen molar-refractivity contribution in [3.05, 3.63) is 40.4 Å². The van der Waals surface area contributed by atoms with E-state index in [-0.39, 0.29) is 12.5 Å². The summed E-state index contributed by atoms with van der Waals surface area (Å²) < 4.78 is 4.93. The molecule has 2 heterocycles. The zero-order valence-electron chi connectivity index (χ0n) is 11.2. The Morgan fingerprint density at radius 3 is 2.90 bits per heavy atom. The molecule has 7 heteroatoms. The summed E-state index contributed by atoms with van der Waals surface area (Å²) in [4.78, 5) is 16.2. The highest BCUT2D eigenvalue weighted by Crippen LogP contribution is 2.18. The van der Waals surface area contributed by atoms with Crippen LogP contribution in [0.3, 0.4) is 0 Å². The van der Waals surface area contributed by atoms with Gasteiger partial charge in [-0.3, -0.25) is 4.79 Å². The summed E-state index contributed by atoms with van der Waals surface area (Å²) in [7, 11) is 0. The van der Waals surface area contributed by atoms with Crippen LogP contribution in [0.1, 0.15) is 28.7 Å². The Labute approximate surface area is 121 Å². The van der Waals surface area contributed by atoms with E-state index in [0.717, 1.165) is 0 Å². The van der Waals surface area contributed by atoms with Gasteiger partial charge < -0.3 is 15.2 Å². The monoisotopic (exact) mass is 294 g/mol. The van der Waals surface area contributed by atoms with Gasteiger partial charge in [-0.05, 0) is 19.9 Å². The molecule has 2 aromatic rings. The van der Waals surface area contributed by atoms with Gasteiger partial charge in [0.05, 0.1) is 17.1 Å². The van der Waals surface area contributed by atoms with E-state index in [1.54, 1.807) is 19.1 Å². The molecule has 6 nitrogen and oxygen atoms in total. The first-order valence-corrected chi connectivity index (χ1v) is 6.57. The Bertz CT molecular complexity index is 612. The highest BCUT2D eigenvalue weighted by molar-refractivity contribution is 6.33. The molecule has 0 saturated carbocycles. The molecule has 0 radical (unpaired) electrons. The minimum atomic E-state index is -0.280. The summed E-state index contributed by atoms with van der Waals surface area (Å²) in [6.45, 7) is 4.74. The van der Waals surface area contributed by atoms with Crippen molar-refractivity contribution < 1.29 is 9.32 Å². The number of aromatic nitrogens is 2. The maximum absolute atomic E-state index is 12.1. The first-order chi connectivity index (χ1) is 9.60. The molecule has 0 unspecified atom stereocenters.